The molecule has 0 bridgehead atoms. The van der Waals surface area contributed by atoms with E-state index in [1.165, 1.54) is 25.0 Å². The van der Waals surface area contributed by atoms with Crippen molar-refractivity contribution in [3.63, 3.8) is 0 Å². The molecular formula is C22H25FN4O2. The van der Waals surface area contributed by atoms with Crippen LogP contribution in [0.4, 0.5) is 10.1 Å². The van der Waals surface area contributed by atoms with Crippen molar-refractivity contribution in [2.45, 2.75) is 26.7 Å². The number of aromatic amines is 1. The number of likely N-dealkylation sites (tertiary alicyclic amines) is 1. The number of halogens is 1. The number of aryl methyl sites for hydroxylation is 1. The Morgan fingerprint density at radius 2 is 2.03 bits per heavy atom. The lowest BCUT2D eigenvalue weighted by Gasteiger charge is -2.14. The summed E-state index contributed by atoms with van der Waals surface area (Å²) < 4.78 is 13.7. The monoisotopic (exact) mass is 396 g/mol. The Kier molecular flexibility index (Phi) is 5.24. The Morgan fingerprint density at radius 1 is 1.28 bits per heavy atom. The van der Waals surface area contributed by atoms with E-state index in [0.717, 1.165) is 30.9 Å². The SMILES string of the molecule is Cc1[nH]c(/C=C2/C(=O)Nc3ccc(F)cc32)c(C)c1C(=O)NCCN1CCCC1. The van der Waals surface area contributed by atoms with Gasteiger partial charge in [0.05, 0.1) is 11.1 Å². The van der Waals surface area contributed by atoms with Crippen LogP contribution < -0.4 is 10.6 Å². The molecule has 1 fully saturated rings. The maximum atomic E-state index is 13.7. The van der Waals surface area contributed by atoms with Gasteiger partial charge < -0.3 is 20.5 Å². The number of carbonyl (C=O) groups excluding carboxylic acids is 2. The fourth-order valence-electron chi connectivity index (χ4n) is 4.13. The van der Waals surface area contributed by atoms with Gasteiger partial charge in [-0.1, -0.05) is 0 Å². The van der Waals surface area contributed by atoms with Gasteiger partial charge >= 0.3 is 0 Å². The molecular weight excluding hydrogens is 371 g/mol. The Balaban J connectivity index is 1.54. The minimum Gasteiger partial charge on any atom is -0.358 e. The van der Waals surface area contributed by atoms with Crippen LogP contribution in [0.1, 0.15) is 45.7 Å². The van der Waals surface area contributed by atoms with Crippen molar-refractivity contribution in [2.75, 3.05) is 31.5 Å². The number of benzene rings is 1. The molecule has 3 heterocycles. The normalized spacial score (nSPS) is 17.6. The number of hydrogen-bond acceptors (Lipinski definition) is 3. The highest BCUT2D eigenvalue weighted by molar-refractivity contribution is 6.34. The number of carbonyl (C=O) groups is 2. The van der Waals surface area contributed by atoms with Gasteiger partial charge in [0.2, 0.25) is 0 Å². The van der Waals surface area contributed by atoms with Crippen molar-refractivity contribution in [1.29, 1.82) is 0 Å². The third kappa shape index (κ3) is 3.82. The second-order valence-corrected chi connectivity index (χ2v) is 7.67. The fraction of sp³-hybridized carbons (Fsp3) is 0.364. The molecule has 29 heavy (non-hydrogen) atoms. The van der Waals surface area contributed by atoms with Gasteiger partial charge in [-0.3, -0.25) is 9.59 Å². The zero-order chi connectivity index (χ0) is 20.5. The van der Waals surface area contributed by atoms with Crippen molar-refractivity contribution < 1.29 is 14.0 Å². The molecule has 2 amide bonds. The van der Waals surface area contributed by atoms with Crippen molar-refractivity contribution in [2.24, 2.45) is 0 Å². The molecule has 1 aromatic heterocycles. The summed E-state index contributed by atoms with van der Waals surface area (Å²) in [7, 11) is 0. The van der Waals surface area contributed by atoms with Gasteiger partial charge in [0.25, 0.3) is 11.8 Å². The molecule has 0 spiro atoms. The highest BCUT2D eigenvalue weighted by Crippen LogP contribution is 2.34. The Bertz CT molecular complexity index is 1000. The summed E-state index contributed by atoms with van der Waals surface area (Å²) in [4.78, 5) is 30.6. The third-order valence-electron chi connectivity index (χ3n) is 5.67. The van der Waals surface area contributed by atoms with Gasteiger partial charge in [-0.2, -0.15) is 0 Å². The van der Waals surface area contributed by atoms with Gasteiger partial charge in [0, 0.05) is 35.7 Å². The first-order chi connectivity index (χ1) is 13.9. The maximum Gasteiger partial charge on any atom is 0.256 e. The molecule has 0 radical (unpaired) electrons. The number of aromatic nitrogens is 1. The summed E-state index contributed by atoms with van der Waals surface area (Å²) in [5.41, 5.74) is 4.27. The minimum absolute atomic E-state index is 0.123. The zero-order valence-electron chi connectivity index (χ0n) is 16.7. The molecule has 4 rings (SSSR count). The molecule has 1 aromatic carbocycles. The first kappa shape index (κ1) is 19.4. The summed E-state index contributed by atoms with van der Waals surface area (Å²) in [5, 5.41) is 5.74. The molecule has 2 aromatic rings. The lowest BCUT2D eigenvalue weighted by atomic mass is 10.0. The van der Waals surface area contributed by atoms with E-state index >= 15 is 0 Å². The van der Waals surface area contributed by atoms with Crippen molar-refractivity contribution in [3.05, 3.63) is 52.1 Å². The lowest BCUT2D eigenvalue weighted by Crippen LogP contribution is -2.33. The number of anilines is 1. The quantitative estimate of drug-likeness (QED) is 0.680. The van der Waals surface area contributed by atoms with E-state index in [-0.39, 0.29) is 11.8 Å². The van der Waals surface area contributed by atoms with E-state index in [1.807, 2.05) is 13.8 Å². The molecule has 6 nitrogen and oxygen atoms in total. The first-order valence-electron chi connectivity index (χ1n) is 9.96. The van der Waals surface area contributed by atoms with Crippen LogP contribution in [0, 0.1) is 19.7 Å². The molecule has 1 saturated heterocycles. The van der Waals surface area contributed by atoms with Crippen molar-refractivity contribution >= 4 is 29.2 Å². The van der Waals surface area contributed by atoms with Crippen molar-refractivity contribution in [3.8, 4) is 0 Å². The third-order valence-corrected chi connectivity index (χ3v) is 5.67. The molecule has 2 aliphatic rings. The Hall–Kier alpha value is -2.93. The van der Waals surface area contributed by atoms with Crippen LogP contribution in [0.2, 0.25) is 0 Å². The number of nitrogens with zero attached hydrogens (tertiary/aromatic N) is 1. The van der Waals surface area contributed by atoms with Crippen LogP contribution in [-0.4, -0.2) is 47.9 Å². The fourth-order valence-corrected chi connectivity index (χ4v) is 4.13. The summed E-state index contributed by atoms with van der Waals surface area (Å²) >= 11 is 0. The number of rotatable bonds is 5. The predicted octanol–water partition coefficient (Wildman–Crippen LogP) is 3.09. The summed E-state index contributed by atoms with van der Waals surface area (Å²) in [6.45, 7) is 7.35. The van der Waals surface area contributed by atoms with E-state index in [4.69, 9.17) is 0 Å². The topological polar surface area (TPSA) is 77.2 Å². The Morgan fingerprint density at radius 3 is 2.79 bits per heavy atom. The Labute approximate surface area is 169 Å². The lowest BCUT2D eigenvalue weighted by molar-refractivity contribution is -0.110. The average molecular weight is 396 g/mol. The average Bonchev–Trinajstić information content (AvgIpc) is 3.36. The van der Waals surface area contributed by atoms with Crippen LogP contribution in [0.5, 0.6) is 0 Å². The van der Waals surface area contributed by atoms with Gasteiger partial charge in [0.1, 0.15) is 5.82 Å². The predicted molar refractivity (Wildman–Crippen MR) is 111 cm³/mol. The van der Waals surface area contributed by atoms with Gasteiger partial charge in [0.15, 0.2) is 0 Å². The van der Waals surface area contributed by atoms with E-state index < -0.39 is 5.82 Å². The van der Waals surface area contributed by atoms with E-state index in [0.29, 0.717) is 34.6 Å². The second-order valence-electron chi connectivity index (χ2n) is 7.67. The van der Waals surface area contributed by atoms with Gasteiger partial charge in [-0.15, -0.1) is 0 Å². The van der Waals surface area contributed by atoms with Crippen LogP contribution >= 0.6 is 0 Å². The summed E-state index contributed by atoms with van der Waals surface area (Å²) in [5.74, 6) is -0.806. The van der Waals surface area contributed by atoms with E-state index in [1.54, 1.807) is 12.1 Å². The number of nitrogens with one attached hydrogen (secondary N) is 3. The molecule has 7 heteroatoms. The highest BCUT2D eigenvalue weighted by Gasteiger charge is 2.26. The van der Waals surface area contributed by atoms with Crippen LogP contribution in [0.3, 0.4) is 0 Å². The zero-order valence-corrected chi connectivity index (χ0v) is 16.7. The van der Waals surface area contributed by atoms with Crippen LogP contribution in [0.15, 0.2) is 18.2 Å². The smallest absolute Gasteiger partial charge is 0.256 e. The number of H-pyrrole nitrogens is 1. The van der Waals surface area contributed by atoms with E-state index in [9.17, 15) is 14.0 Å². The summed E-state index contributed by atoms with van der Waals surface area (Å²) in [6.07, 6.45) is 4.13. The van der Waals surface area contributed by atoms with Crippen LogP contribution in [0.25, 0.3) is 11.6 Å². The van der Waals surface area contributed by atoms with E-state index in [2.05, 4.69) is 20.5 Å². The molecule has 152 valence electrons. The first-order valence-corrected chi connectivity index (χ1v) is 9.96. The van der Waals surface area contributed by atoms with Gasteiger partial charge in [-0.25, -0.2) is 4.39 Å². The standard InChI is InChI=1S/C22H25FN4O2/c1-13-19(12-17-16-11-15(23)5-6-18(16)26-21(17)28)25-14(2)20(13)22(29)24-7-10-27-8-3-4-9-27/h5-6,11-12,25H,3-4,7-10H2,1-2H3,(H,24,29)(H,26,28)/b17-12+. The number of amides is 2. The summed E-state index contributed by atoms with van der Waals surface area (Å²) in [6, 6.07) is 4.21. The van der Waals surface area contributed by atoms with Gasteiger partial charge in [-0.05, 0) is 69.6 Å². The molecule has 3 N–H and O–H groups in total. The minimum atomic E-state index is -0.399. The van der Waals surface area contributed by atoms with Crippen molar-refractivity contribution in [1.82, 2.24) is 15.2 Å². The largest absolute Gasteiger partial charge is 0.358 e. The molecule has 0 atom stereocenters. The second kappa shape index (κ2) is 7.83. The maximum absolute atomic E-state index is 13.7. The van der Waals surface area contributed by atoms with Crippen LogP contribution in [-0.2, 0) is 4.79 Å². The number of hydrogen-bond donors (Lipinski definition) is 3. The molecule has 0 aliphatic carbocycles. The highest BCUT2D eigenvalue weighted by atomic mass is 19.1. The molecule has 2 aliphatic heterocycles. The number of fused-ring (bicyclic) bond motifs is 1. The molecule has 0 saturated carbocycles. The molecule has 0 unspecified atom stereocenters.